The number of hydrogen-bond donors (Lipinski definition) is 2. The molecule has 10 heteroatoms. The third-order valence-electron chi connectivity index (χ3n) is 4.04. The minimum Gasteiger partial charge on any atom is -0.392 e. The first-order valence-corrected chi connectivity index (χ1v) is 8.90. The summed E-state index contributed by atoms with van der Waals surface area (Å²) in [6, 6.07) is 4.89. The number of aromatic nitrogens is 5. The number of nitrogens with one attached hydrogen (secondary N) is 1. The van der Waals surface area contributed by atoms with Crippen LogP contribution in [-0.4, -0.2) is 29.8 Å². The highest BCUT2D eigenvalue weighted by molar-refractivity contribution is 6.37. The number of anilines is 2. The van der Waals surface area contributed by atoms with Gasteiger partial charge in [-0.05, 0) is 24.6 Å². The number of aliphatic hydroxyl groups is 1. The van der Waals surface area contributed by atoms with Gasteiger partial charge in [0.25, 0.3) is 0 Å². The zero-order valence-corrected chi connectivity index (χ0v) is 16.0. The van der Waals surface area contributed by atoms with Crippen LogP contribution in [0.25, 0.3) is 16.6 Å². The predicted octanol–water partition coefficient (Wildman–Crippen LogP) is 4.20. The molecule has 4 aromatic rings. The average molecular weight is 419 g/mol. The number of rotatable bonds is 4. The normalized spacial score (nSPS) is 11.2. The molecule has 0 saturated heterocycles. The highest BCUT2D eigenvalue weighted by atomic mass is 35.5. The van der Waals surface area contributed by atoms with Crippen molar-refractivity contribution in [2.24, 2.45) is 0 Å². The maximum absolute atomic E-state index is 14.3. The lowest BCUT2D eigenvalue weighted by Gasteiger charge is -2.08. The van der Waals surface area contributed by atoms with Gasteiger partial charge in [0, 0.05) is 18.0 Å². The van der Waals surface area contributed by atoms with Crippen LogP contribution in [0.5, 0.6) is 0 Å². The topological polar surface area (TPSA) is 88.8 Å². The zero-order valence-electron chi connectivity index (χ0n) is 14.5. The number of hydrogen-bond acceptors (Lipinski definition) is 6. The number of pyridine rings is 1. The van der Waals surface area contributed by atoms with Crippen molar-refractivity contribution < 1.29 is 9.50 Å². The van der Waals surface area contributed by atoms with Crippen molar-refractivity contribution in [2.45, 2.75) is 13.5 Å². The van der Waals surface area contributed by atoms with Gasteiger partial charge in [-0.2, -0.15) is 5.10 Å². The summed E-state index contributed by atoms with van der Waals surface area (Å²) >= 11 is 12.6. The fraction of sp³-hybridized carbons (Fsp3) is 0.111. The largest absolute Gasteiger partial charge is 0.392 e. The second-order valence-corrected chi connectivity index (χ2v) is 6.84. The number of benzene rings is 1. The molecule has 0 spiro atoms. The third-order valence-corrected chi connectivity index (χ3v) is 4.62. The summed E-state index contributed by atoms with van der Waals surface area (Å²) in [5, 5.41) is 17.6. The molecular formula is C18H13Cl2FN6O. The molecule has 0 unspecified atom stereocenters. The van der Waals surface area contributed by atoms with E-state index >= 15 is 0 Å². The van der Waals surface area contributed by atoms with Crippen molar-refractivity contribution in [3.05, 3.63) is 64.0 Å². The van der Waals surface area contributed by atoms with Gasteiger partial charge in [0.15, 0.2) is 5.82 Å². The lowest BCUT2D eigenvalue weighted by Crippen LogP contribution is -1.98. The number of halogens is 3. The van der Waals surface area contributed by atoms with Crippen molar-refractivity contribution in [2.75, 3.05) is 5.32 Å². The first-order valence-electron chi connectivity index (χ1n) is 8.15. The van der Waals surface area contributed by atoms with Gasteiger partial charge in [-0.3, -0.25) is 0 Å². The van der Waals surface area contributed by atoms with Crippen LogP contribution in [0.15, 0.2) is 36.9 Å². The number of fused-ring (bicyclic) bond motifs is 1. The molecule has 1 aromatic carbocycles. The highest BCUT2D eigenvalue weighted by Crippen LogP contribution is 2.33. The Kier molecular flexibility index (Phi) is 4.84. The SMILES string of the molecule is Cc1cc(Nc2ncc(F)c3nn(-c4c(Cl)cc(CO)cc4Cl)cc23)ncn1. The molecule has 0 aliphatic heterocycles. The molecule has 0 aliphatic carbocycles. The second kappa shape index (κ2) is 7.31. The molecule has 0 bridgehead atoms. The first kappa shape index (κ1) is 18.5. The van der Waals surface area contributed by atoms with E-state index < -0.39 is 5.82 Å². The fourth-order valence-corrected chi connectivity index (χ4v) is 3.47. The van der Waals surface area contributed by atoms with Crippen molar-refractivity contribution in [3.63, 3.8) is 0 Å². The quantitative estimate of drug-likeness (QED) is 0.516. The summed E-state index contributed by atoms with van der Waals surface area (Å²) in [5.41, 5.74) is 1.81. The Labute approximate surface area is 168 Å². The van der Waals surface area contributed by atoms with Gasteiger partial charge in [0.2, 0.25) is 0 Å². The molecule has 4 rings (SSSR count). The fourth-order valence-electron chi connectivity index (χ4n) is 2.76. The van der Waals surface area contributed by atoms with E-state index in [1.54, 1.807) is 24.4 Å². The second-order valence-electron chi connectivity index (χ2n) is 6.03. The molecule has 0 saturated carbocycles. The van der Waals surface area contributed by atoms with Crippen molar-refractivity contribution in [3.8, 4) is 5.69 Å². The van der Waals surface area contributed by atoms with E-state index in [0.717, 1.165) is 11.9 Å². The van der Waals surface area contributed by atoms with Crippen molar-refractivity contribution >= 4 is 45.7 Å². The molecule has 0 atom stereocenters. The van der Waals surface area contributed by atoms with E-state index in [4.69, 9.17) is 23.2 Å². The Balaban J connectivity index is 1.84. The van der Waals surface area contributed by atoms with Gasteiger partial charge in [-0.15, -0.1) is 0 Å². The van der Waals surface area contributed by atoms with E-state index in [9.17, 15) is 9.50 Å². The van der Waals surface area contributed by atoms with Crippen molar-refractivity contribution in [1.82, 2.24) is 24.7 Å². The van der Waals surface area contributed by atoms with E-state index in [0.29, 0.717) is 28.3 Å². The molecule has 0 aliphatic rings. The van der Waals surface area contributed by atoms with Crippen LogP contribution >= 0.6 is 23.2 Å². The smallest absolute Gasteiger partial charge is 0.169 e. The van der Waals surface area contributed by atoms with Crippen LogP contribution in [-0.2, 0) is 6.61 Å². The standard InChI is InChI=1S/C18H13Cl2FN6O/c1-9-2-15(24-8-23-9)25-18-11-6-27(26-16(11)14(21)5-22-18)17-12(19)3-10(7-28)4-13(17)20/h2-6,8,28H,7H2,1H3,(H,22,23,24,25). The Morgan fingerprint density at radius 3 is 2.57 bits per heavy atom. The Bertz CT molecular complexity index is 1170. The third kappa shape index (κ3) is 3.37. The molecule has 2 N–H and O–H groups in total. The first-order chi connectivity index (χ1) is 13.5. The summed E-state index contributed by atoms with van der Waals surface area (Å²) in [6.45, 7) is 1.63. The van der Waals surface area contributed by atoms with Crippen LogP contribution in [0.1, 0.15) is 11.3 Å². The molecule has 0 amide bonds. The van der Waals surface area contributed by atoms with Gasteiger partial charge in [0.1, 0.15) is 29.2 Å². The predicted molar refractivity (Wildman–Crippen MR) is 105 cm³/mol. The van der Waals surface area contributed by atoms with Gasteiger partial charge in [-0.1, -0.05) is 23.2 Å². The van der Waals surface area contributed by atoms with E-state index in [1.165, 1.54) is 11.0 Å². The summed E-state index contributed by atoms with van der Waals surface area (Å²) in [7, 11) is 0. The molecular weight excluding hydrogens is 406 g/mol. The average Bonchev–Trinajstić information content (AvgIpc) is 3.09. The van der Waals surface area contributed by atoms with E-state index in [-0.39, 0.29) is 22.2 Å². The molecule has 0 radical (unpaired) electrons. The van der Waals surface area contributed by atoms with Gasteiger partial charge < -0.3 is 10.4 Å². The lowest BCUT2D eigenvalue weighted by molar-refractivity contribution is 0.282. The summed E-state index contributed by atoms with van der Waals surface area (Å²) in [4.78, 5) is 12.3. The lowest BCUT2D eigenvalue weighted by atomic mass is 10.2. The maximum atomic E-state index is 14.3. The van der Waals surface area contributed by atoms with Gasteiger partial charge in [-0.25, -0.2) is 24.0 Å². The van der Waals surface area contributed by atoms with Gasteiger partial charge in [0.05, 0.1) is 28.2 Å². The summed E-state index contributed by atoms with van der Waals surface area (Å²) in [6.07, 6.45) is 4.08. The molecule has 7 nitrogen and oxygen atoms in total. The maximum Gasteiger partial charge on any atom is 0.169 e. The Hall–Kier alpha value is -2.81. The van der Waals surface area contributed by atoms with Crippen LogP contribution in [0.4, 0.5) is 16.0 Å². The van der Waals surface area contributed by atoms with E-state index in [2.05, 4.69) is 25.4 Å². The van der Waals surface area contributed by atoms with Crippen LogP contribution in [0.3, 0.4) is 0 Å². The Morgan fingerprint density at radius 1 is 1.14 bits per heavy atom. The molecule has 0 fully saturated rings. The molecule has 3 aromatic heterocycles. The van der Waals surface area contributed by atoms with E-state index in [1.807, 2.05) is 6.92 Å². The van der Waals surface area contributed by atoms with Gasteiger partial charge >= 0.3 is 0 Å². The molecule has 3 heterocycles. The zero-order chi connectivity index (χ0) is 19.8. The Morgan fingerprint density at radius 2 is 1.89 bits per heavy atom. The minimum atomic E-state index is -0.586. The molecule has 142 valence electrons. The van der Waals surface area contributed by atoms with Crippen molar-refractivity contribution in [1.29, 1.82) is 0 Å². The molecule has 28 heavy (non-hydrogen) atoms. The van der Waals surface area contributed by atoms with Crippen LogP contribution < -0.4 is 5.32 Å². The monoisotopic (exact) mass is 418 g/mol. The number of aryl methyl sites for hydroxylation is 1. The summed E-state index contributed by atoms with van der Waals surface area (Å²) in [5.74, 6) is 0.307. The van der Waals surface area contributed by atoms with Crippen LogP contribution in [0, 0.1) is 12.7 Å². The van der Waals surface area contributed by atoms with Crippen LogP contribution in [0.2, 0.25) is 10.0 Å². The highest BCUT2D eigenvalue weighted by Gasteiger charge is 2.17. The summed E-state index contributed by atoms with van der Waals surface area (Å²) < 4.78 is 15.7. The number of nitrogens with zero attached hydrogens (tertiary/aromatic N) is 5. The number of aliphatic hydroxyl groups excluding tert-OH is 1. The minimum absolute atomic E-state index is 0.0987.